The van der Waals surface area contributed by atoms with Crippen molar-refractivity contribution in [2.75, 3.05) is 16.8 Å². The van der Waals surface area contributed by atoms with Gasteiger partial charge in [-0.2, -0.15) is 0 Å². The summed E-state index contributed by atoms with van der Waals surface area (Å²) in [6.07, 6.45) is 2.40. The lowest BCUT2D eigenvalue weighted by Crippen LogP contribution is -2.49. The third kappa shape index (κ3) is 5.96. The van der Waals surface area contributed by atoms with Crippen molar-refractivity contribution in [1.29, 1.82) is 0 Å². The van der Waals surface area contributed by atoms with Gasteiger partial charge in [0.25, 0.3) is 0 Å². The molecule has 0 aromatic heterocycles. The van der Waals surface area contributed by atoms with Crippen LogP contribution in [0.25, 0.3) is 0 Å². The molecule has 2 atom stereocenters. The van der Waals surface area contributed by atoms with Gasteiger partial charge in [0, 0.05) is 11.3 Å². The number of carbonyl (C=O) groups is 1. The quantitative estimate of drug-likeness (QED) is 0.636. The number of hydrogen-bond donors (Lipinski definition) is 1. The van der Waals surface area contributed by atoms with Crippen LogP contribution >= 0.6 is 11.6 Å². The Hall–Kier alpha value is -2.10. The smallest absolute Gasteiger partial charge is 0.244 e. The molecule has 164 valence electrons. The van der Waals surface area contributed by atoms with Crippen molar-refractivity contribution in [3.8, 4) is 0 Å². The summed E-state index contributed by atoms with van der Waals surface area (Å²) >= 11 is 6.01. The maximum atomic E-state index is 13.0. The monoisotopic (exact) mass is 472 g/mol. The van der Waals surface area contributed by atoms with Gasteiger partial charge in [0.05, 0.1) is 22.9 Å². The van der Waals surface area contributed by atoms with E-state index in [-0.39, 0.29) is 11.3 Å². The van der Waals surface area contributed by atoms with Crippen LogP contribution in [0.3, 0.4) is 0 Å². The maximum absolute atomic E-state index is 13.0. The van der Waals surface area contributed by atoms with Gasteiger partial charge < -0.3 is 5.32 Å². The van der Waals surface area contributed by atoms with Gasteiger partial charge in [-0.05, 0) is 49.2 Å². The van der Waals surface area contributed by atoms with Crippen molar-refractivity contribution >= 4 is 43.1 Å². The van der Waals surface area contributed by atoms with Crippen molar-refractivity contribution in [3.63, 3.8) is 0 Å². The van der Waals surface area contributed by atoms with Crippen LogP contribution in [0.15, 0.2) is 53.4 Å². The zero-order chi connectivity index (χ0) is 22.7. The van der Waals surface area contributed by atoms with E-state index in [4.69, 9.17) is 11.6 Å². The third-order valence-electron chi connectivity index (χ3n) is 4.56. The van der Waals surface area contributed by atoms with Gasteiger partial charge in [-0.15, -0.1) is 0 Å². The molecule has 0 bridgehead atoms. The van der Waals surface area contributed by atoms with E-state index in [1.54, 1.807) is 44.2 Å². The number of rotatable bonds is 8. The molecule has 7 nitrogen and oxygen atoms in total. The highest BCUT2D eigenvalue weighted by Crippen LogP contribution is 2.26. The second kappa shape index (κ2) is 9.36. The van der Waals surface area contributed by atoms with Gasteiger partial charge in [-0.1, -0.05) is 36.7 Å². The van der Waals surface area contributed by atoms with E-state index in [0.717, 1.165) is 16.8 Å². The largest absolute Gasteiger partial charge is 0.348 e. The minimum Gasteiger partial charge on any atom is -0.348 e. The molecule has 0 radical (unpaired) electrons. The topological polar surface area (TPSA) is 101 Å². The van der Waals surface area contributed by atoms with E-state index < -0.39 is 37.9 Å². The van der Waals surface area contributed by atoms with E-state index in [9.17, 15) is 21.6 Å². The second-order valence-corrected chi connectivity index (χ2v) is 11.3. The van der Waals surface area contributed by atoms with Crippen LogP contribution in [0.5, 0.6) is 0 Å². The van der Waals surface area contributed by atoms with Crippen LogP contribution in [-0.4, -0.2) is 41.3 Å². The van der Waals surface area contributed by atoms with E-state index in [1.807, 2.05) is 0 Å². The average Bonchev–Trinajstić information content (AvgIpc) is 2.64. The van der Waals surface area contributed by atoms with Gasteiger partial charge in [0.1, 0.15) is 6.04 Å². The fourth-order valence-electron chi connectivity index (χ4n) is 3.07. The molecule has 30 heavy (non-hydrogen) atoms. The summed E-state index contributed by atoms with van der Waals surface area (Å²) in [5.74, 6) is -0.470. The van der Waals surface area contributed by atoms with E-state index >= 15 is 0 Å². The summed E-state index contributed by atoms with van der Waals surface area (Å²) in [6.45, 7) is 3.46. The van der Waals surface area contributed by atoms with E-state index in [0.29, 0.717) is 16.3 Å². The van der Waals surface area contributed by atoms with Crippen molar-refractivity contribution in [1.82, 2.24) is 5.32 Å². The molecule has 0 unspecified atom stereocenters. The van der Waals surface area contributed by atoms with Crippen molar-refractivity contribution in [2.24, 2.45) is 0 Å². The van der Waals surface area contributed by atoms with Crippen LogP contribution in [-0.2, 0) is 24.7 Å². The normalized spacial score (nSPS) is 14.0. The SMILES string of the molecule is CC[C@H](C(=O)N[C@H](C)c1ccc(S(C)(=O)=O)cc1)N(c1cccc(Cl)c1)S(C)(=O)=O. The van der Waals surface area contributed by atoms with Crippen LogP contribution in [0.2, 0.25) is 5.02 Å². The summed E-state index contributed by atoms with van der Waals surface area (Å²) in [4.78, 5) is 13.2. The van der Waals surface area contributed by atoms with E-state index in [2.05, 4.69) is 5.32 Å². The molecule has 0 fully saturated rings. The Bertz CT molecular complexity index is 1120. The third-order valence-corrected chi connectivity index (χ3v) is 7.10. The summed E-state index contributed by atoms with van der Waals surface area (Å²) in [5.41, 5.74) is 0.997. The zero-order valence-electron chi connectivity index (χ0n) is 17.2. The fourth-order valence-corrected chi connectivity index (χ4v) is 5.09. The lowest BCUT2D eigenvalue weighted by atomic mass is 10.1. The number of nitrogens with zero attached hydrogens (tertiary/aromatic N) is 1. The van der Waals surface area contributed by atoms with Gasteiger partial charge in [-0.25, -0.2) is 16.8 Å². The first-order chi connectivity index (χ1) is 13.8. The summed E-state index contributed by atoms with van der Waals surface area (Å²) in [5, 5.41) is 3.17. The molecular weight excluding hydrogens is 448 g/mol. The molecule has 0 aliphatic carbocycles. The Kier molecular flexibility index (Phi) is 7.54. The fraction of sp³-hybridized carbons (Fsp3) is 0.350. The molecule has 1 N–H and O–H groups in total. The Labute approximate surface area is 183 Å². The summed E-state index contributed by atoms with van der Waals surface area (Å²) < 4.78 is 49.2. The highest BCUT2D eigenvalue weighted by atomic mass is 35.5. The first-order valence-electron chi connectivity index (χ1n) is 9.20. The number of sulfonamides is 1. The number of benzene rings is 2. The molecule has 0 saturated carbocycles. The predicted octanol–water partition coefficient (Wildman–Crippen LogP) is 3.17. The van der Waals surface area contributed by atoms with Crippen LogP contribution in [0.1, 0.15) is 31.9 Å². The molecule has 0 aliphatic rings. The summed E-state index contributed by atoms with van der Waals surface area (Å²) in [6, 6.07) is 11.1. The molecule has 0 saturated heterocycles. The standard InChI is InChI=1S/C20H25ClN2O5S2/c1-5-19(23(30(4,27)28)17-8-6-7-16(21)13-17)20(24)22-14(2)15-9-11-18(12-10-15)29(3,25)26/h6-14,19H,5H2,1-4H3,(H,22,24)/t14-,19-/m1/s1. The molecule has 0 spiro atoms. The van der Waals surface area contributed by atoms with Crippen molar-refractivity contribution in [3.05, 3.63) is 59.1 Å². The number of amides is 1. The Morgan fingerprint density at radius 1 is 1.07 bits per heavy atom. The number of halogens is 1. The van der Waals surface area contributed by atoms with Gasteiger partial charge in [0.15, 0.2) is 9.84 Å². The molecule has 1 amide bonds. The molecule has 0 aliphatic heterocycles. The van der Waals surface area contributed by atoms with E-state index in [1.165, 1.54) is 18.2 Å². The minimum atomic E-state index is -3.77. The Morgan fingerprint density at radius 2 is 1.67 bits per heavy atom. The lowest BCUT2D eigenvalue weighted by molar-refractivity contribution is -0.122. The summed E-state index contributed by atoms with van der Waals surface area (Å²) in [7, 11) is -7.09. The second-order valence-electron chi connectivity index (χ2n) is 7.03. The van der Waals surface area contributed by atoms with Crippen LogP contribution in [0.4, 0.5) is 5.69 Å². The first kappa shape index (κ1) is 24.2. The Balaban J connectivity index is 2.29. The average molecular weight is 473 g/mol. The number of nitrogens with one attached hydrogen (secondary N) is 1. The number of carbonyl (C=O) groups excluding carboxylic acids is 1. The highest BCUT2D eigenvalue weighted by Gasteiger charge is 2.32. The van der Waals surface area contributed by atoms with Crippen LogP contribution < -0.4 is 9.62 Å². The Morgan fingerprint density at radius 3 is 2.13 bits per heavy atom. The predicted molar refractivity (Wildman–Crippen MR) is 119 cm³/mol. The van der Waals surface area contributed by atoms with Crippen LogP contribution in [0, 0.1) is 0 Å². The highest BCUT2D eigenvalue weighted by molar-refractivity contribution is 7.92. The molecule has 2 rings (SSSR count). The van der Waals surface area contributed by atoms with Gasteiger partial charge in [-0.3, -0.25) is 9.10 Å². The molecule has 10 heteroatoms. The van der Waals surface area contributed by atoms with Crippen molar-refractivity contribution in [2.45, 2.75) is 37.2 Å². The number of hydrogen-bond acceptors (Lipinski definition) is 5. The van der Waals surface area contributed by atoms with Crippen molar-refractivity contribution < 1.29 is 21.6 Å². The molecular formula is C20H25ClN2O5S2. The van der Waals surface area contributed by atoms with Gasteiger partial charge >= 0.3 is 0 Å². The first-order valence-corrected chi connectivity index (χ1v) is 13.3. The molecule has 2 aromatic carbocycles. The molecule has 2 aromatic rings. The maximum Gasteiger partial charge on any atom is 0.244 e. The molecule has 0 heterocycles. The zero-order valence-corrected chi connectivity index (χ0v) is 19.6. The lowest BCUT2D eigenvalue weighted by Gasteiger charge is -2.31. The number of sulfone groups is 1. The minimum absolute atomic E-state index is 0.181. The van der Waals surface area contributed by atoms with Gasteiger partial charge in [0.2, 0.25) is 15.9 Å². The number of anilines is 1.